The molecule has 0 aromatic carbocycles. The molecule has 42 heavy (non-hydrogen) atoms. The minimum absolute atomic E-state index is 0.265. The van der Waals surface area contributed by atoms with Gasteiger partial charge in [-0.25, -0.2) is 0 Å². The summed E-state index contributed by atoms with van der Waals surface area (Å²) in [6.45, 7) is 4.41. The molecule has 0 aromatic rings. The van der Waals surface area contributed by atoms with Crippen LogP contribution in [0.4, 0.5) is 0 Å². The maximum Gasteiger partial charge on any atom is 0.267 e. The van der Waals surface area contributed by atoms with E-state index in [1.54, 1.807) is 6.08 Å². The Bertz CT molecular complexity index is 889. The van der Waals surface area contributed by atoms with Crippen molar-refractivity contribution in [2.45, 2.75) is 148 Å². The van der Waals surface area contributed by atoms with Crippen LogP contribution in [0.15, 0.2) is 60.8 Å². The van der Waals surface area contributed by atoms with Gasteiger partial charge in [0.15, 0.2) is 0 Å². The molecule has 0 aliphatic carbocycles. The van der Waals surface area contributed by atoms with Crippen LogP contribution in [-0.2, 0) is 14.9 Å². The summed E-state index contributed by atoms with van der Waals surface area (Å²) in [6.07, 6.45) is 39.1. The Labute approximate surface area is 258 Å². The van der Waals surface area contributed by atoms with Crippen LogP contribution in [0, 0.1) is 0 Å². The number of unbranched alkanes of at least 4 members (excludes halogenated alkanes) is 12. The Morgan fingerprint density at radius 2 is 1.12 bits per heavy atom. The first-order valence-electron chi connectivity index (χ1n) is 16.5. The lowest BCUT2D eigenvalue weighted by molar-refractivity contribution is -0.122. The molecule has 0 aliphatic heterocycles. The van der Waals surface area contributed by atoms with E-state index in [2.05, 4.69) is 67.8 Å². The van der Waals surface area contributed by atoms with Crippen molar-refractivity contribution < 1.29 is 22.9 Å². The molecule has 1 amide bonds. The summed E-state index contributed by atoms with van der Waals surface area (Å²) in [5.74, 6) is -1.04. The highest BCUT2D eigenvalue weighted by molar-refractivity contribution is 7.85. The fraction of sp³-hybridized carbons (Fsp3) is 0.686. The van der Waals surface area contributed by atoms with Crippen molar-refractivity contribution in [3.63, 3.8) is 0 Å². The molecule has 0 fully saturated rings. The number of hydrogen-bond acceptors (Lipinski definition) is 4. The van der Waals surface area contributed by atoms with E-state index >= 15 is 0 Å². The van der Waals surface area contributed by atoms with Crippen molar-refractivity contribution in [3.05, 3.63) is 60.8 Å². The topological polar surface area (TPSA) is 104 Å². The van der Waals surface area contributed by atoms with E-state index in [0.717, 1.165) is 70.6 Å². The van der Waals surface area contributed by atoms with Gasteiger partial charge in [-0.2, -0.15) is 8.42 Å². The third-order valence-electron chi connectivity index (χ3n) is 6.89. The minimum atomic E-state index is -4.36. The van der Waals surface area contributed by atoms with E-state index in [9.17, 15) is 22.9 Å². The second kappa shape index (κ2) is 29.1. The summed E-state index contributed by atoms with van der Waals surface area (Å²) in [6, 6.07) is -1.09. The highest BCUT2D eigenvalue weighted by atomic mass is 32.2. The Kier molecular flexibility index (Phi) is 27.8. The van der Waals surface area contributed by atoms with Gasteiger partial charge in [0, 0.05) is 6.42 Å². The molecule has 0 saturated carbocycles. The SMILES string of the molecule is CCCC/C=C\C/C=C\CCCCCCCC(=O)NC(CS(=O)(=O)O)C(O)/C=C/CC/C=C/CC/C=C/CCCCC. The second-order valence-corrected chi connectivity index (χ2v) is 12.6. The van der Waals surface area contributed by atoms with Gasteiger partial charge < -0.3 is 10.4 Å². The molecule has 0 heterocycles. The predicted molar refractivity (Wildman–Crippen MR) is 179 cm³/mol. The van der Waals surface area contributed by atoms with Gasteiger partial charge in [-0.15, -0.1) is 0 Å². The van der Waals surface area contributed by atoms with Gasteiger partial charge in [0.2, 0.25) is 5.91 Å². The molecule has 0 saturated heterocycles. The summed E-state index contributed by atoms with van der Waals surface area (Å²) >= 11 is 0. The third kappa shape index (κ3) is 29.5. The number of allylic oxidation sites excluding steroid dienone is 9. The minimum Gasteiger partial charge on any atom is -0.387 e. The molecule has 7 heteroatoms. The van der Waals surface area contributed by atoms with E-state index in [4.69, 9.17) is 0 Å². The Morgan fingerprint density at radius 1 is 0.643 bits per heavy atom. The molecule has 2 atom stereocenters. The third-order valence-corrected chi connectivity index (χ3v) is 7.67. The molecule has 3 N–H and O–H groups in total. The molecule has 2 unspecified atom stereocenters. The number of carbonyl (C=O) groups is 1. The first-order chi connectivity index (χ1) is 20.3. The average molecular weight is 608 g/mol. The monoisotopic (exact) mass is 607 g/mol. The van der Waals surface area contributed by atoms with Gasteiger partial charge in [-0.05, 0) is 70.6 Å². The van der Waals surface area contributed by atoms with Crippen LogP contribution in [0.5, 0.6) is 0 Å². The standard InChI is InChI=1S/C35H61NO5S/c1-3-5-7-9-11-13-15-17-19-21-23-25-27-29-31-35(38)36-33(32-42(39,40)41)34(37)30-28-26-24-22-20-18-16-14-12-10-8-6-4-2/h9,11-12,14-15,17,20,22,28,30,33-34,37H,3-8,10,13,16,18-19,21,23-27,29,31-32H2,1-2H3,(H,36,38)(H,39,40,41)/b11-9-,14-12+,17-15-,22-20+,30-28+. The number of carbonyl (C=O) groups excluding carboxylic acids is 1. The molecular formula is C35H61NO5S. The van der Waals surface area contributed by atoms with Crippen LogP contribution in [0.1, 0.15) is 136 Å². The van der Waals surface area contributed by atoms with Crippen molar-refractivity contribution in [2.75, 3.05) is 5.75 Å². The molecule has 0 rings (SSSR count). The number of nitrogens with one attached hydrogen (secondary N) is 1. The molecule has 0 radical (unpaired) electrons. The molecule has 6 nitrogen and oxygen atoms in total. The summed E-state index contributed by atoms with van der Waals surface area (Å²) in [5.41, 5.74) is 0. The summed E-state index contributed by atoms with van der Waals surface area (Å²) in [5, 5.41) is 13.1. The molecular weight excluding hydrogens is 546 g/mol. The molecule has 0 aromatic heterocycles. The quantitative estimate of drug-likeness (QED) is 0.0468. The number of hydrogen-bond donors (Lipinski definition) is 3. The van der Waals surface area contributed by atoms with Crippen LogP contribution in [0.3, 0.4) is 0 Å². The van der Waals surface area contributed by atoms with Gasteiger partial charge in [-0.3, -0.25) is 9.35 Å². The van der Waals surface area contributed by atoms with Gasteiger partial charge >= 0.3 is 0 Å². The van der Waals surface area contributed by atoms with Gasteiger partial charge in [0.1, 0.15) is 0 Å². The summed E-state index contributed by atoms with van der Waals surface area (Å²) in [7, 11) is -4.36. The second-order valence-electron chi connectivity index (χ2n) is 11.1. The first kappa shape index (κ1) is 40.0. The van der Waals surface area contributed by atoms with Crippen LogP contribution in [-0.4, -0.2) is 41.9 Å². The fourth-order valence-corrected chi connectivity index (χ4v) is 5.11. The van der Waals surface area contributed by atoms with Crippen molar-refractivity contribution in [2.24, 2.45) is 0 Å². The predicted octanol–water partition coefficient (Wildman–Crippen LogP) is 8.95. The van der Waals surface area contributed by atoms with Gasteiger partial charge in [-0.1, -0.05) is 120 Å². The molecule has 0 spiro atoms. The number of aliphatic hydroxyl groups is 1. The maximum absolute atomic E-state index is 12.4. The lowest BCUT2D eigenvalue weighted by Crippen LogP contribution is -2.46. The lowest BCUT2D eigenvalue weighted by Gasteiger charge is -2.21. The molecule has 0 aliphatic rings. The van der Waals surface area contributed by atoms with Gasteiger partial charge in [0.25, 0.3) is 10.1 Å². The van der Waals surface area contributed by atoms with Crippen molar-refractivity contribution >= 4 is 16.0 Å². The number of amides is 1. The van der Waals surface area contributed by atoms with E-state index in [-0.39, 0.29) is 12.3 Å². The van der Waals surface area contributed by atoms with Crippen molar-refractivity contribution in [1.82, 2.24) is 5.32 Å². The zero-order valence-electron chi connectivity index (χ0n) is 26.6. The van der Waals surface area contributed by atoms with Crippen molar-refractivity contribution in [3.8, 4) is 0 Å². The zero-order valence-corrected chi connectivity index (χ0v) is 27.4. The fourth-order valence-electron chi connectivity index (χ4n) is 4.38. The number of rotatable bonds is 28. The Balaban J connectivity index is 4.18. The van der Waals surface area contributed by atoms with Crippen LogP contribution < -0.4 is 5.32 Å². The van der Waals surface area contributed by atoms with E-state index in [0.29, 0.717) is 12.8 Å². The normalized spacial score (nSPS) is 14.3. The highest BCUT2D eigenvalue weighted by Gasteiger charge is 2.24. The average Bonchev–Trinajstić information content (AvgIpc) is 2.94. The Hall–Kier alpha value is -1.96. The lowest BCUT2D eigenvalue weighted by atomic mass is 10.1. The summed E-state index contributed by atoms with van der Waals surface area (Å²) < 4.78 is 32.2. The maximum atomic E-state index is 12.4. The zero-order chi connectivity index (χ0) is 31.2. The molecule has 0 bridgehead atoms. The van der Waals surface area contributed by atoms with E-state index in [1.165, 1.54) is 38.2 Å². The van der Waals surface area contributed by atoms with E-state index in [1.807, 2.05) is 0 Å². The highest BCUT2D eigenvalue weighted by Crippen LogP contribution is 2.10. The number of aliphatic hydroxyl groups excluding tert-OH is 1. The largest absolute Gasteiger partial charge is 0.387 e. The first-order valence-corrected chi connectivity index (χ1v) is 18.1. The van der Waals surface area contributed by atoms with Crippen molar-refractivity contribution in [1.29, 1.82) is 0 Å². The smallest absolute Gasteiger partial charge is 0.267 e. The molecule has 242 valence electrons. The van der Waals surface area contributed by atoms with Gasteiger partial charge in [0.05, 0.1) is 17.9 Å². The Morgan fingerprint density at radius 3 is 1.71 bits per heavy atom. The van der Waals surface area contributed by atoms with E-state index < -0.39 is 28.0 Å². The van der Waals surface area contributed by atoms with Crippen LogP contribution in [0.2, 0.25) is 0 Å². The van der Waals surface area contributed by atoms with Crippen LogP contribution >= 0.6 is 0 Å². The van der Waals surface area contributed by atoms with Crippen LogP contribution in [0.25, 0.3) is 0 Å². The summed E-state index contributed by atoms with van der Waals surface area (Å²) in [4.78, 5) is 12.4.